The fourth-order valence-corrected chi connectivity index (χ4v) is 7.43. The van der Waals surface area contributed by atoms with E-state index in [9.17, 15) is 13.2 Å². The minimum absolute atomic E-state index is 0.0865. The van der Waals surface area contributed by atoms with Gasteiger partial charge >= 0.3 is 0 Å². The highest BCUT2D eigenvalue weighted by atomic mass is 79.9. The normalized spacial score (nSPS) is 19.6. The lowest BCUT2D eigenvalue weighted by atomic mass is 10.1. The number of fused-ring (bicyclic) bond motifs is 1. The number of halogens is 1. The number of benzene rings is 1. The number of para-hydroxylation sites is 1. The Balaban J connectivity index is 1.40. The van der Waals surface area contributed by atoms with Gasteiger partial charge in [-0.25, -0.2) is 8.42 Å². The lowest BCUT2D eigenvalue weighted by Gasteiger charge is -2.37. The minimum Gasteiger partial charge on any atom is -0.310 e. The first kappa shape index (κ1) is 20.0. The Kier molecular flexibility index (Phi) is 5.63. The maximum absolute atomic E-state index is 13.1. The number of hydrogen-bond acceptors (Lipinski definition) is 5. The van der Waals surface area contributed by atoms with Crippen LogP contribution in [-0.2, 0) is 21.2 Å². The van der Waals surface area contributed by atoms with E-state index >= 15 is 0 Å². The molecule has 150 valence electrons. The maximum atomic E-state index is 13.1. The van der Waals surface area contributed by atoms with Gasteiger partial charge < -0.3 is 4.90 Å². The van der Waals surface area contributed by atoms with Crippen LogP contribution in [0.15, 0.2) is 44.4 Å². The van der Waals surface area contributed by atoms with Gasteiger partial charge in [-0.15, -0.1) is 11.3 Å². The van der Waals surface area contributed by atoms with Crippen LogP contribution >= 0.6 is 27.3 Å². The second-order valence-corrected chi connectivity index (χ2v) is 11.7. The smallest absolute Gasteiger partial charge is 0.252 e. The fourth-order valence-electron chi connectivity index (χ4n) is 3.84. The molecule has 1 unspecified atom stereocenters. The zero-order valence-corrected chi connectivity index (χ0v) is 18.8. The SMILES string of the molecule is CC(C(=O)N1CCc2ccccc21)N1CCN(S(=O)(=O)c2ccc(Br)s2)CC1. The molecule has 0 saturated carbocycles. The minimum atomic E-state index is -3.47. The molecule has 3 heterocycles. The molecular formula is C19H22BrN3O3S2. The van der Waals surface area contributed by atoms with Gasteiger partial charge in [0.2, 0.25) is 5.91 Å². The lowest BCUT2D eigenvalue weighted by molar-refractivity contribution is -0.123. The van der Waals surface area contributed by atoms with Crippen molar-refractivity contribution < 1.29 is 13.2 Å². The molecule has 0 aliphatic carbocycles. The van der Waals surface area contributed by atoms with Gasteiger partial charge in [0, 0.05) is 38.4 Å². The van der Waals surface area contributed by atoms with Gasteiger partial charge in [-0.3, -0.25) is 9.69 Å². The van der Waals surface area contributed by atoms with Crippen molar-refractivity contribution in [3.8, 4) is 0 Å². The predicted molar refractivity (Wildman–Crippen MR) is 114 cm³/mol. The third-order valence-corrected chi connectivity index (χ3v) is 9.46. The number of rotatable bonds is 4. The number of piperazine rings is 1. The summed E-state index contributed by atoms with van der Waals surface area (Å²) in [5.41, 5.74) is 2.21. The van der Waals surface area contributed by atoms with Crippen molar-refractivity contribution in [2.45, 2.75) is 23.6 Å². The van der Waals surface area contributed by atoms with Crippen LogP contribution in [0.1, 0.15) is 12.5 Å². The highest BCUT2D eigenvalue weighted by Crippen LogP contribution is 2.30. The number of thiophene rings is 1. The molecule has 1 saturated heterocycles. The average Bonchev–Trinajstić information content (AvgIpc) is 3.33. The van der Waals surface area contributed by atoms with Crippen LogP contribution in [-0.4, -0.2) is 62.3 Å². The molecule has 6 nitrogen and oxygen atoms in total. The van der Waals surface area contributed by atoms with Crippen LogP contribution in [0.5, 0.6) is 0 Å². The van der Waals surface area contributed by atoms with Crippen molar-refractivity contribution in [2.75, 3.05) is 37.6 Å². The monoisotopic (exact) mass is 483 g/mol. The summed E-state index contributed by atoms with van der Waals surface area (Å²) in [6.07, 6.45) is 0.886. The molecule has 2 aromatic rings. The van der Waals surface area contributed by atoms with E-state index in [-0.39, 0.29) is 11.9 Å². The summed E-state index contributed by atoms with van der Waals surface area (Å²) in [5, 5.41) is 0. The largest absolute Gasteiger partial charge is 0.310 e. The summed E-state index contributed by atoms with van der Waals surface area (Å²) in [7, 11) is -3.47. The third-order valence-electron chi connectivity index (χ3n) is 5.47. The Morgan fingerprint density at radius 1 is 1.07 bits per heavy atom. The summed E-state index contributed by atoms with van der Waals surface area (Å²) >= 11 is 4.55. The molecule has 9 heteroatoms. The number of carbonyl (C=O) groups excluding carboxylic acids is 1. The Hall–Kier alpha value is -1.26. The van der Waals surface area contributed by atoms with Gasteiger partial charge in [0.1, 0.15) is 4.21 Å². The molecular weight excluding hydrogens is 462 g/mol. The van der Waals surface area contributed by atoms with Gasteiger partial charge in [0.15, 0.2) is 0 Å². The van der Waals surface area contributed by atoms with E-state index in [0.717, 1.165) is 15.9 Å². The van der Waals surface area contributed by atoms with Gasteiger partial charge in [-0.05, 0) is 53.0 Å². The van der Waals surface area contributed by atoms with Crippen molar-refractivity contribution in [3.05, 3.63) is 45.7 Å². The van der Waals surface area contributed by atoms with Gasteiger partial charge in [0.25, 0.3) is 10.0 Å². The number of sulfonamides is 1. The van der Waals surface area contributed by atoms with Crippen molar-refractivity contribution in [1.82, 2.24) is 9.21 Å². The van der Waals surface area contributed by atoms with Crippen LogP contribution in [0.3, 0.4) is 0 Å². The highest BCUT2D eigenvalue weighted by Gasteiger charge is 2.35. The van der Waals surface area contributed by atoms with Crippen molar-refractivity contribution >= 4 is 48.9 Å². The Morgan fingerprint density at radius 3 is 2.46 bits per heavy atom. The number of amides is 1. The Morgan fingerprint density at radius 2 is 1.79 bits per heavy atom. The summed E-state index contributed by atoms with van der Waals surface area (Å²) in [4.78, 5) is 17.0. The summed E-state index contributed by atoms with van der Waals surface area (Å²) in [6, 6.07) is 11.1. The molecule has 1 fully saturated rings. The molecule has 1 aromatic carbocycles. The van der Waals surface area contributed by atoms with Crippen molar-refractivity contribution in [2.24, 2.45) is 0 Å². The Labute approximate surface area is 177 Å². The summed E-state index contributed by atoms with van der Waals surface area (Å²) < 4.78 is 28.2. The summed E-state index contributed by atoms with van der Waals surface area (Å²) in [6.45, 7) is 4.52. The molecule has 1 aromatic heterocycles. The average molecular weight is 484 g/mol. The van der Waals surface area contributed by atoms with E-state index in [1.807, 2.05) is 30.0 Å². The molecule has 0 N–H and O–H groups in total. The Bertz CT molecular complexity index is 984. The zero-order chi connectivity index (χ0) is 19.9. The second-order valence-electron chi connectivity index (χ2n) is 7.04. The van der Waals surface area contributed by atoms with E-state index in [4.69, 9.17) is 0 Å². The molecule has 2 aliphatic rings. The zero-order valence-electron chi connectivity index (χ0n) is 15.5. The molecule has 0 bridgehead atoms. The topological polar surface area (TPSA) is 60.9 Å². The standard InChI is InChI=1S/C19H22BrN3O3S2/c1-14(19(24)23-9-8-15-4-2-3-5-16(15)23)21-10-12-22(13-11-21)28(25,26)18-7-6-17(20)27-18/h2-7,14H,8-13H2,1H3. The molecule has 4 rings (SSSR count). The van der Waals surface area contributed by atoms with Crippen LogP contribution in [0, 0.1) is 0 Å². The fraction of sp³-hybridized carbons (Fsp3) is 0.421. The van der Waals surface area contributed by atoms with Crippen LogP contribution < -0.4 is 4.90 Å². The predicted octanol–water partition coefficient (Wildman–Crippen LogP) is 2.79. The van der Waals surface area contributed by atoms with E-state index in [2.05, 4.69) is 26.9 Å². The first-order valence-electron chi connectivity index (χ1n) is 9.27. The van der Waals surface area contributed by atoms with Gasteiger partial charge in [-0.2, -0.15) is 4.31 Å². The molecule has 2 aliphatic heterocycles. The first-order valence-corrected chi connectivity index (χ1v) is 12.3. The third kappa shape index (κ3) is 3.66. The number of anilines is 1. The van der Waals surface area contributed by atoms with Crippen LogP contribution in [0.2, 0.25) is 0 Å². The molecule has 0 radical (unpaired) electrons. The van der Waals surface area contributed by atoms with E-state index in [0.29, 0.717) is 36.9 Å². The number of carbonyl (C=O) groups is 1. The maximum Gasteiger partial charge on any atom is 0.252 e. The lowest BCUT2D eigenvalue weighted by Crippen LogP contribution is -2.55. The van der Waals surface area contributed by atoms with Crippen molar-refractivity contribution in [1.29, 1.82) is 0 Å². The molecule has 1 amide bonds. The van der Waals surface area contributed by atoms with Crippen LogP contribution in [0.25, 0.3) is 0 Å². The molecule has 0 spiro atoms. The van der Waals surface area contributed by atoms with Gasteiger partial charge in [-0.1, -0.05) is 18.2 Å². The quantitative estimate of drug-likeness (QED) is 0.670. The second kappa shape index (κ2) is 7.87. The van der Waals surface area contributed by atoms with Crippen molar-refractivity contribution in [3.63, 3.8) is 0 Å². The van der Waals surface area contributed by atoms with Gasteiger partial charge in [0.05, 0.1) is 9.83 Å². The first-order chi connectivity index (χ1) is 13.4. The van der Waals surface area contributed by atoms with E-state index in [1.165, 1.54) is 21.2 Å². The van der Waals surface area contributed by atoms with E-state index < -0.39 is 10.0 Å². The number of hydrogen-bond donors (Lipinski definition) is 0. The molecule has 1 atom stereocenters. The summed E-state index contributed by atoms with van der Waals surface area (Å²) in [5.74, 6) is 0.0865. The number of nitrogens with zero attached hydrogens (tertiary/aromatic N) is 3. The highest BCUT2D eigenvalue weighted by molar-refractivity contribution is 9.11. The van der Waals surface area contributed by atoms with E-state index in [1.54, 1.807) is 12.1 Å². The molecule has 28 heavy (non-hydrogen) atoms. The van der Waals surface area contributed by atoms with Crippen LogP contribution in [0.4, 0.5) is 5.69 Å².